The summed E-state index contributed by atoms with van der Waals surface area (Å²) in [6.07, 6.45) is -2.71. The van der Waals surface area contributed by atoms with E-state index in [1.165, 1.54) is 30.6 Å². The first-order valence-electron chi connectivity index (χ1n) is 15.2. The Morgan fingerprint density at radius 3 is 2.29 bits per heavy atom. The average molecular weight is 702 g/mol. The van der Waals surface area contributed by atoms with Gasteiger partial charge in [0.25, 0.3) is 11.8 Å². The molecule has 0 aliphatic carbocycles. The molecule has 1 fully saturated rings. The van der Waals surface area contributed by atoms with E-state index >= 15 is 0 Å². The fraction of sp³-hybridized carbons (Fsp3) is 0.375. The number of hydrogen-bond acceptors (Lipinski definition) is 8. The number of hydrogen-bond donors (Lipinski definition) is 3. The summed E-state index contributed by atoms with van der Waals surface area (Å²) >= 11 is 6.43. The van der Waals surface area contributed by atoms with Gasteiger partial charge in [-0.3, -0.25) is 14.7 Å². The highest BCUT2D eigenvalue weighted by Gasteiger charge is 2.38. The summed E-state index contributed by atoms with van der Waals surface area (Å²) in [4.78, 5) is 54.5. The fourth-order valence-electron chi connectivity index (χ4n) is 5.11. The topological polar surface area (TPSA) is 152 Å². The molecule has 0 unspecified atom stereocenters. The Kier molecular flexibility index (Phi) is 9.90. The number of carbonyl (C=O) groups excluding carboxylic acids is 3. The van der Waals surface area contributed by atoms with Crippen molar-refractivity contribution in [1.29, 1.82) is 0 Å². The van der Waals surface area contributed by atoms with Crippen LogP contribution in [-0.2, 0) is 17.3 Å². The van der Waals surface area contributed by atoms with Gasteiger partial charge in [0.1, 0.15) is 11.4 Å². The molecule has 3 N–H and O–H groups in total. The van der Waals surface area contributed by atoms with Crippen LogP contribution >= 0.6 is 11.6 Å². The van der Waals surface area contributed by atoms with Gasteiger partial charge in [-0.25, -0.2) is 14.8 Å². The van der Waals surface area contributed by atoms with Crippen LogP contribution in [0.3, 0.4) is 0 Å². The van der Waals surface area contributed by atoms with Crippen LogP contribution in [0.2, 0.25) is 5.02 Å². The van der Waals surface area contributed by atoms with E-state index in [2.05, 4.69) is 30.5 Å². The number of benzene rings is 1. The molecule has 3 aromatic heterocycles. The number of H-pyrrole nitrogens is 2. The molecule has 260 valence electrons. The number of imidazole rings is 1. The third kappa shape index (κ3) is 8.31. The summed E-state index contributed by atoms with van der Waals surface area (Å²) in [5, 5.41) is 8.74. The van der Waals surface area contributed by atoms with Crippen molar-refractivity contribution < 1.29 is 32.3 Å². The van der Waals surface area contributed by atoms with Crippen molar-refractivity contribution in [2.24, 2.45) is 0 Å². The smallest absolute Gasteiger partial charge is 0.435 e. The van der Waals surface area contributed by atoms with E-state index in [1.54, 1.807) is 61.7 Å². The lowest BCUT2D eigenvalue weighted by Crippen LogP contribution is -2.51. The van der Waals surface area contributed by atoms with Gasteiger partial charge in [0, 0.05) is 81.6 Å². The maximum atomic E-state index is 13.9. The zero-order valence-corrected chi connectivity index (χ0v) is 28.2. The first-order valence-corrected chi connectivity index (χ1v) is 15.6. The van der Waals surface area contributed by atoms with Crippen LogP contribution in [-0.4, -0.2) is 98.7 Å². The average Bonchev–Trinajstić information content (AvgIpc) is 3.68. The second kappa shape index (κ2) is 13.8. The molecule has 13 nitrogen and oxygen atoms in total. The minimum absolute atomic E-state index is 0.0952. The standard InChI is InChI=1S/C32H35ClF3N9O4/c1-31(2,3)49-30(48)45-12-10-44(11-13-45)29(47)21-8-7-19(15-23(21)33)40-28(46)27-38-17-20(39-27)14-22-25(41-42-26(22)32(34,35)36)18-6-9-24(37-16-18)43(4)5/h6-9,15-17H,10-14H2,1-5H3,(H,38,39)(H,40,46)(H,41,42). The van der Waals surface area contributed by atoms with Gasteiger partial charge in [0.15, 0.2) is 11.5 Å². The SMILES string of the molecule is CN(C)c1ccc(-c2[nH]nc(C(F)(F)F)c2Cc2cnc(C(=O)Nc3ccc(C(=O)N4CCN(C(=O)OC(C)(C)C)CC4)c(Cl)c3)[nH]2)cn1. The molecular weight excluding hydrogens is 667 g/mol. The van der Waals surface area contributed by atoms with E-state index in [4.69, 9.17) is 16.3 Å². The summed E-state index contributed by atoms with van der Waals surface area (Å²) in [5.41, 5.74) is -0.589. The number of ether oxygens (including phenoxy) is 1. The molecule has 1 saturated heterocycles. The molecule has 49 heavy (non-hydrogen) atoms. The molecule has 0 spiro atoms. The van der Waals surface area contributed by atoms with Crippen LogP contribution in [0.25, 0.3) is 11.3 Å². The van der Waals surface area contributed by atoms with Crippen molar-refractivity contribution in [1.82, 2.24) is 34.9 Å². The van der Waals surface area contributed by atoms with Gasteiger partial charge in [0.2, 0.25) is 0 Å². The minimum atomic E-state index is -4.73. The van der Waals surface area contributed by atoms with E-state index in [1.807, 2.05) is 0 Å². The van der Waals surface area contributed by atoms with Crippen LogP contribution in [0.15, 0.2) is 42.7 Å². The molecular formula is C32H35ClF3N9O4. The van der Waals surface area contributed by atoms with Gasteiger partial charge in [0.05, 0.1) is 16.3 Å². The fourth-order valence-corrected chi connectivity index (χ4v) is 5.37. The molecule has 0 radical (unpaired) electrons. The largest absolute Gasteiger partial charge is 0.444 e. The molecule has 17 heteroatoms. The first-order chi connectivity index (χ1) is 23.0. The van der Waals surface area contributed by atoms with Gasteiger partial charge < -0.3 is 29.7 Å². The van der Waals surface area contributed by atoms with E-state index in [0.717, 1.165) is 0 Å². The number of rotatable bonds is 7. The minimum Gasteiger partial charge on any atom is -0.444 e. The molecule has 3 amide bonds. The van der Waals surface area contributed by atoms with E-state index in [-0.39, 0.29) is 64.5 Å². The van der Waals surface area contributed by atoms with Gasteiger partial charge in [-0.1, -0.05) is 11.6 Å². The summed E-state index contributed by atoms with van der Waals surface area (Å²) in [6, 6.07) is 7.71. The number of aromatic amines is 2. The Morgan fingerprint density at radius 1 is 1.00 bits per heavy atom. The predicted molar refractivity (Wildman–Crippen MR) is 176 cm³/mol. The molecule has 0 bridgehead atoms. The lowest BCUT2D eigenvalue weighted by molar-refractivity contribution is -0.141. The molecule has 1 aromatic carbocycles. The van der Waals surface area contributed by atoms with Crippen molar-refractivity contribution in [3.05, 3.63) is 76.1 Å². The summed E-state index contributed by atoms with van der Waals surface area (Å²) in [5.74, 6) is -0.525. The number of nitrogens with one attached hydrogen (secondary N) is 3. The number of alkyl halides is 3. The van der Waals surface area contributed by atoms with Crippen LogP contribution < -0.4 is 10.2 Å². The molecule has 0 atom stereocenters. The van der Waals surface area contributed by atoms with Gasteiger partial charge in [-0.05, 0) is 51.1 Å². The Morgan fingerprint density at radius 2 is 1.69 bits per heavy atom. The molecule has 1 aliphatic rings. The quantitative estimate of drug-likeness (QED) is 0.230. The highest BCUT2D eigenvalue weighted by Crippen LogP contribution is 2.36. The van der Waals surface area contributed by atoms with Crippen molar-refractivity contribution in [3.8, 4) is 11.3 Å². The number of aromatic nitrogens is 5. The first kappa shape index (κ1) is 35.2. The number of amides is 3. The van der Waals surface area contributed by atoms with Gasteiger partial charge in [-0.2, -0.15) is 18.3 Å². The predicted octanol–water partition coefficient (Wildman–Crippen LogP) is 5.47. The van der Waals surface area contributed by atoms with Crippen molar-refractivity contribution >= 4 is 41.0 Å². The van der Waals surface area contributed by atoms with Crippen molar-refractivity contribution in [2.75, 3.05) is 50.5 Å². The zero-order chi connectivity index (χ0) is 35.7. The Bertz CT molecular complexity index is 1840. The van der Waals surface area contributed by atoms with E-state index < -0.39 is 29.5 Å². The maximum Gasteiger partial charge on any atom is 0.435 e. The monoisotopic (exact) mass is 701 g/mol. The zero-order valence-electron chi connectivity index (χ0n) is 27.4. The van der Waals surface area contributed by atoms with Crippen LogP contribution in [0.4, 0.5) is 29.5 Å². The normalized spacial score (nSPS) is 13.7. The second-order valence-corrected chi connectivity index (χ2v) is 13.0. The number of pyridine rings is 1. The maximum absolute atomic E-state index is 13.9. The van der Waals surface area contributed by atoms with Gasteiger partial charge >= 0.3 is 12.3 Å². The second-order valence-electron chi connectivity index (χ2n) is 12.6. The van der Waals surface area contributed by atoms with Gasteiger partial charge in [-0.15, -0.1) is 0 Å². The van der Waals surface area contributed by atoms with E-state index in [0.29, 0.717) is 24.5 Å². The molecule has 1 aliphatic heterocycles. The molecule has 5 rings (SSSR count). The summed E-state index contributed by atoms with van der Waals surface area (Å²) in [6.45, 7) is 6.53. The lowest BCUT2D eigenvalue weighted by Gasteiger charge is -2.35. The van der Waals surface area contributed by atoms with Crippen molar-refractivity contribution in [3.63, 3.8) is 0 Å². The summed E-state index contributed by atoms with van der Waals surface area (Å²) in [7, 11) is 3.59. The number of piperazine rings is 1. The molecule has 4 aromatic rings. The number of halogens is 4. The molecule has 0 saturated carbocycles. The molecule has 4 heterocycles. The highest BCUT2D eigenvalue weighted by atomic mass is 35.5. The third-order valence-electron chi connectivity index (χ3n) is 7.52. The highest BCUT2D eigenvalue weighted by molar-refractivity contribution is 6.34. The Labute approximate surface area is 284 Å². The summed E-state index contributed by atoms with van der Waals surface area (Å²) < 4.78 is 47.1. The van der Waals surface area contributed by atoms with Crippen molar-refractivity contribution in [2.45, 2.75) is 39.0 Å². The lowest BCUT2D eigenvalue weighted by atomic mass is 10.0. The number of nitrogens with zero attached hydrogens (tertiary/aromatic N) is 6. The van der Waals surface area contributed by atoms with Crippen LogP contribution in [0.1, 0.15) is 58.7 Å². The van der Waals surface area contributed by atoms with E-state index in [9.17, 15) is 27.6 Å². The van der Waals surface area contributed by atoms with Crippen LogP contribution in [0.5, 0.6) is 0 Å². The Balaban J connectivity index is 1.24. The van der Waals surface area contributed by atoms with Crippen LogP contribution in [0, 0.1) is 0 Å². The Hall–Kier alpha value is -5.12. The third-order valence-corrected chi connectivity index (χ3v) is 7.83. The number of carbonyl (C=O) groups is 3. The number of anilines is 2.